The highest BCUT2D eigenvalue weighted by Crippen LogP contribution is 2.25. The predicted molar refractivity (Wildman–Crippen MR) is 48.9 cm³/mol. The minimum atomic E-state index is -0.748. The number of carbonyl (C=O) groups is 1. The number of carbonyl (C=O) groups excluding carboxylic acids is 2. The largest absolute Gasteiger partial charge is 0.289 e. The Morgan fingerprint density at radius 3 is 2.69 bits per heavy atom. The van der Waals surface area contributed by atoms with Gasteiger partial charge in [0.2, 0.25) is 6.08 Å². The van der Waals surface area contributed by atoms with Gasteiger partial charge in [-0.25, -0.2) is 4.79 Å². The molecule has 0 N–H and O–H groups in total. The van der Waals surface area contributed by atoms with E-state index in [9.17, 15) is 9.59 Å². The van der Waals surface area contributed by atoms with E-state index in [1.807, 2.05) is 0 Å². The van der Waals surface area contributed by atoms with Crippen molar-refractivity contribution in [2.45, 2.75) is 0 Å². The number of hydrogen-bond acceptors (Lipinski definition) is 2. The third-order valence-corrected chi connectivity index (χ3v) is 2.15. The second-order valence-corrected chi connectivity index (χ2v) is 2.89. The highest BCUT2D eigenvalue weighted by Gasteiger charge is 2.10. The molecule has 0 spiro atoms. The topological polar surface area (TPSA) is 46.5 Å². The lowest BCUT2D eigenvalue weighted by atomic mass is 10.2. The Kier molecular flexibility index (Phi) is 3.20. The highest BCUT2D eigenvalue weighted by molar-refractivity contribution is 6.43. The van der Waals surface area contributed by atoms with Gasteiger partial charge in [-0.2, -0.15) is 0 Å². The van der Waals surface area contributed by atoms with E-state index in [1.165, 1.54) is 12.1 Å². The molecule has 0 aliphatic heterocycles. The van der Waals surface area contributed by atoms with Crippen LogP contribution in [0.5, 0.6) is 0 Å². The van der Waals surface area contributed by atoms with Crippen molar-refractivity contribution in [1.29, 1.82) is 0 Å². The fraction of sp³-hybridized carbons (Fsp3) is 0. The van der Waals surface area contributed by atoms with Gasteiger partial charge in [0.15, 0.2) is 0 Å². The van der Waals surface area contributed by atoms with Crippen molar-refractivity contribution >= 4 is 35.2 Å². The molecular formula is C8H3Cl2NO2. The summed E-state index contributed by atoms with van der Waals surface area (Å²) in [4.78, 5) is 23.8. The van der Waals surface area contributed by atoms with Gasteiger partial charge in [0.05, 0.1) is 15.6 Å². The van der Waals surface area contributed by atoms with Crippen molar-refractivity contribution < 1.29 is 9.59 Å². The van der Waals surface area contributed by atoms with Gasteiger partial charge in [0, 0.05) is 0 Å². The van der Waals surface area contributed by atoms with E-state index in [2.05, 4.69) is 4.99 Å². The molecule has 0 saturated heterocycles. The predicted octanol–water partition coefficient (Wildman–Crippen LogP) is 2.47. The smallest absolute Gasteiger partial charge is 0.266 e. The third kappa shape index (κ3) is 2.16. The molecule has 0 aliphatic rings. The van der Waals surface area contributed by atoms with E-state index >= 15 is 0 Å². The molecule has 0 aromatic heterocycles. The summed E-state index contributed by atoms with van der Waals surface area (Å²) in [5.74, 6) is -0.748. The van der Waals surface area contributed by atoms with Crippen LogP contribution in [-0.4, -0.2) is 12.0 Å². The lowest BCUT2D eigenvalue weighted by molar-refractivity contribution is 0.100. The molecule has 1 aromatic carbocycles. The summed E-state index contributed by atoms with van der Waals surface area (Å²) in [6, 6.07) is 4.50. The zero-order valence-electron chi connectivity index (χ0n) is 6.25. The van der Waals surface area contributed by atoms with Crippen LogP contribution in [0.4, 0.5) is 0 Å². The van der Waals surface area contributed by atoms with E-state index < -0.39 is 5.91 Å². The minimum Gasteiger partial charge on any atom is -0.266 e. The number of isocyanates is 1. The zero-order chi connectivity index (χ0) is 9.84. The van der Waals surface area contributed by atoms with Crippen molar-refractivity contribution in [3.05, 3.63) is 33.8 Å². The quantitative estimate of drug-likeness (QED) is 0.534. The van der Waals surface area contributed by atoms with Gasteiger partial charge in [-0.15, -0.1) is 4.99 Å². The van der Waals surface area contributed by atoms with E-state index in [0.29, 0.717) is 0 Å². The molecular weight excluding hydrogens is 213 g/mol. The van der Waals surface area contributed by atoms with E-state index in [4.69, 9.17) is 23.2 Å². The monoisotopic (exact) mass is 215 g/mol. The lowest BCUT2D eigenvalue weighted by Crippen LogP contribution is -1.95. The first kappa shape index (κ1) is 9.93. The molecule has 3 nitrogen and oxygen atoms in total. The van der Waals surface area contributed by atoms with E-state index in [-0.39, 0.29) is 15.6 Å². The average Bonchev–Trinajstić information content (AvgIpc) is 2.10. The summed E-state index contributed by atoms with van der Waals surface area (Å²) in [6.45, 7) is 0. The van der Waals surface area contributed by atoms with Crippen molar-refractivity contribution in [3.8, 4) is 0 Å². The number of benzene rings is 1. The molecule has 0 radical (unpaired) electrons. The van der Waals surface area contributed by atoms with Crippen LogP contribution in [0.3, 0.4) is 0 Å². The molecule has 66 valence electrons. The van der Waals surface area contributed by atoms with Gasteiger partial charge in [0.25, 0.3) is 5.91 Å². The van der Waals surface area contributed by atoms with Crippen LogP contribution in [0.25, 0.3) is 0 Å². The number of hydrogen-bond donors (Lipinski definition) is 0. The molecule has 0 fully saturated rings. The van der Waals surface area contributed by atoms with Crippen molar-refractivity contribution in [2.24, 2.45) is 4.99 Å². The summed E-state index contributed by atoms with van der Waals surface area (Å²) in [5, 5.41) is 0.335. The van der Waals surface area contributed by atoms with Crippen LogP contribution in [0.1, 0.15) is 10.4 Å². The fourth-order valence-electron chi connectivity index (χ4n) is 0.771. The van der Waals surface area contributed by atoms with Gasteiger partial charge < -0.3 is 0 Å². The molecule has 13 heavy (non-hydrogen) atoms. The Balaban J connectivity index is 3.22. The SMILES string of the molecule is O=C=NC(=O)c1cccc(Cl)c1Cl. The molecule has 1 amide bonds. The molecule has 0 bridgehead atoms. The van der Waals surface area contributed by atoms with Crippen molar-refractivity contribution in [3.63, 3.8) is 0 Å². The Hall–Kier alpha value is -1.15. The van der Waals surface area contributed by atoms with Crippen molar-refractivity contribution in [1.82, 2.24) is 0 Å². The van der Waals surface area contributed by atoms with Gasteiger partial charge in [-0.05, 0) is 12.1 Å². The van der Waals surface area contributed by atoms with E-state index in [1.54, 1.807) is 6.07 Å². The number of halogens is 2. The molecule has 0 unspecified atom stereocenters. The number of nitrogens with zero attached hydrogens (tertiary/aromatic N) is 1. The first-order chi connectivity index (χ1) is 6.16. The van der Waals surface area contributed by atoms with E-state index in [0.717, 1.165) is 6.08 Å². The van der Waals surface area contributed by atoms with Gasteiger partial charge in [-0.1, -0.05) is 29.3 Å². The Morgan fingerprint density at radius 1 is 1.38 bits per heavy atom. The first-order valence-corrected chi connectivity index (χ1v) is 3.98. The standard InChI is InChI=1S/C8H3Cl2NO2/c9-6-3-1-2-5(7(6)10)8(13)11-4-12/h1-3H. The number of aliphatic imine (C=N–C) groups is 1. The minimum absolute atomic E-state index is 0.0909. The number of amides is 1. The Labute approximate surface area is 84.0 Å². The Morgan fingerprint density at radius 2 is 2.08 bits per heavy atom. The molecule has 0 atom stereocenters. The van der Waals surface area contributed by atoms with Crippen LogP contribution in [-0.2, 0) is 4.79 Å². The first-order valence-electron chi connectivity index (χ1n) is 3.23. The fourth-order valence-corrected chi connectivity index (χ4v) is 1.15. The third-order valence-electron chi connectivity index (χ3n) is 1.33. The van der Waals surface area contributed by atoms with Crippen LogP contribution >= 0.6 is 23.2 Å². The second-order valence-electron chi connectivity index (χ2n) is 2.11. The zero-order valence-corrected chi connectivity index (χ0v) is 7.76. The maximum Gasteiger partial charge on any atom is 0.289 e. The van der Waals surface area contributed by atoms with Crippen LogP contribution in [0.15, 0.2) is 23.2 Å². The summed E-state index contributed by atoms with van der Waals surface area (Å²) >= 11 is 11.3. The summed E-state index contributed by atoms with van der Waals surface area (Å²) in [6.07, 6.45) is 1.14. The molecule has 1 rings (SSSR count). The summed E-state index contributed by atoms with van der Waals surface area (Å²) in [7, 11) is 0. The second kappa shape index (κ2) is 4.19. The molecule has 0 heterocycles. The number of rotatable bonds is 1. The lowest BCUT2D eigenvalue weighted by Gasteiger charge is -1.98. The molecule has 0 saturated carbocycles. The highest BCUT2D eigenvalue weighted by atomic mass is 35.5. The summed E-state index contributed by atoms with van der Waals surface area (Å²) in [5.41, 5.74) is 0.0949. The van der Waals surface area contributed by atoms with Crippen LogP contribution < -0.4 is 0 Å². The van der Waals surface area contributed by atoms with Crippen LogP contribution in [0.2, 0.25) is 10.0 Å². The van der Waals surface area contributed by atoms with Crippen LogP contribution in [0, 0.1) is 0 Å². The molecule has 0 aliphatic carbocycles. The maximum atomic E-state index is 11.0. The Bertz CT molecular complexity index is 397. The van der Waals surface area contributed by atoms with Gasteiger partial charge in [0.1, 0.15) is 0 Å². The normalized spacial score (nSPS) is 9.08. The van der Waals surface area contributed by atoms with Gasteiger partial charge in [-0.3, -0.25) is 4.79 Å². The molecule has 1 aromatic rings. The summed E-state index contributed by atoms with van der Waals surface area (Å²) < 4.78 is 0. The maximum absolute atomic E-state index is 11.0. The average molecular weight is 216 g/mol. The van der Waals surface area contributed by atoms with Gasteiger partial charge >= 0.3 is 0 Å². The van der Waals surface area contributed by atoms with Crippen molar-refractivity contribution in [2.75, 3.05) is 0 Å². The molecule has 5 heteroatoms.